The fourth-order valence-corrected chi connectivity index (χ4v) is 3.13. The van der Waals surface area contributed by atoms with E-state index in [1.165, 1.54) is 25.9 Å². The fraction of sp³-hybridized carbons (Fsp3) is 1.00. The number of ether oxygens (including phenoxy) is 1. The summed E-state index contributed by atoms with van der Waals surface area (Å²) in [6.07, 6.45) is 3.05. The highest BCUT2D eigenvalue weighted by Crippen LogP contribution is 2.13. The summed E-state index contributed by atoms with van der Waals surface area (Å²) < 4.78 is 5.95. The van der Waals surface area contributed by atoms with Crippen LogP contribution in [0, 0.1) is 0 Å². The van der Waals surface area contributed by atoms with E-state index in [0.29, 0.717) is 18.2 Å². The van der Waals surface area contributed by atoms with E-state index in [0.717, 1.165) is 32.8 Å². The number of rotatable bonds is 6. The van der Waals surface area contributed by atoms with Crippen molar-refractivity contribution in [3.8, 4) is 0 Å². The molecule has 2 aliphatic rings. The minimum Gasteiger partial charge on any atom is -0.374 e. The van der Waals surface area contributed by atoms with Gasteiger partial charge in [0.15, 0.2) is 0 Å². The molecule has 2 unspecified atom stereocenters. The van der Waals surface area contributed by atoms with Crippen LogP contribution in [0.1, 0.15) is 33.6 Å². The van der Waals surface area contributed by atoms with Crippen LogP contribution in [0.3, 0.4) is 0 Å². The first kappa shape index (κ1) is 15.2. The predicted molar refractivity (Wildman–Crippen MR) is 79.6 cm³/mol. The highest BCUT2D eigenvalue weighted by Gasteiger charge is 2.25. The highest BCUT2D eigenvalue weighted by molar-refractivity contribution is 4.82. The maximum atomic E-state index is 5.95. The second kappa shape index (κ2) is 7.58. The van der Waals surface area contributed by atoms with Gasteiger partial charge in [-0.2, -0.15) is 0 Å². The van der Waals surface area contributed by atoms with Crippen LogP contribution in [0.25, 0.3) is 0 Å². The van der Waals surface area contributed by atoms with Gasteiger partial charge in [-0.15, -0.1) is 0 Å². The normalized spacial score (nSPS) is 29.5. The first-order valence-electron chi connectivity index (χ1n) is 8.00. The maximum absolute atomic E-state index is 5.95. The van der Waals surface area contributed by atoms with Gasteiger partial charge in [0.25, 0.3) is 0 Å². The van der Waals surface area contributed by atoms with E-state index >= 15 is 0 Å². The van der Waals surface area contributed by atoms with Crippen molar-refractivity contribution >= 4 is 0 Å². The number of morpholine rings is 1. The Morgan fingerprint density at radius 1 is 1.37 bits per heavy atom. The van der Waals surface area contributed by atoms with Gasteiger partial charge in [-0.25, -0.2) is 0 Å². The lowest BCUT2D eigenvalue weighted by Crippen LogP contribution is -2.51. The van der Waals surface area contributed by atoms with Gasteiger partial charge in [-0.3, -0.25) is 9.80 Å². The van der Waals surface area contributed by atoms with Gasteiger partial charge in [0, 0.05) is 38.3 Å². The zero-order valence-corrected chi connectivity index (χ0v) is 12.9. The van der Waals surface area contributed by atoms with Crippen molar-refractivity contribution in [2.24, 2.45) is 0 Å². The quantitative estimate of drug-likeness (QED) is 0.783. The van der Waals surface area contributed by atoms with E-state index in [9.17, 15) is 0 Å². The predicted octanol–water partition coefficient (Wildman–Crippen LogP) is 1.17. The van der Waals surface area contributed by atoms with Crippen LogP contribution in [0.5, 0.6) is 0 Å². The topological polar surface area (TPSA) is 27.7 Å². The lowest BCUT2D eigenvalue weighted by Gasteiger charge is -2.37. The summed E-state index contributed by atoms with van der Waals surface area (Å²) in [4.78, 5) is 5.09. The van der Waals surface area contributed by atoms with Crippen LogP contribution >= 0.6 is 0 Å². The molecule has 4 heteroatoms. The number of hydrogen-bond donors (Lipinski definition) is 1. The molecule has 0 aromatic carbocycles. The number of hydrogen-bond acceptors (Lipinski definition) is 4. The van der Waals surface area contributed by atoms with Crippen molar-refractivity contribution in [3.05, 3.63) is 0 Å². The van der Waals surface area contributed by atoms with Crippen LogP contribution in [0.4, 0.5) is 0 Å². The summed E-state index contributed by atoms with van der Waals surface area (Å²) >= 11 is 0. The Morgan fingerprint density at radius 2 is 2.21 bits per heavy atom. The Morgan fingerprint density at radius 3 is 2.84 bits per heavy atom. The van der Waals surface area contributed by atoms with Gasteiger partial charge in [-0.05, 0) is 39.8 Å². The average molecular weight is 269 g/mol. The van der Waals surface area contributed by atoms with Crippen molar-refractivity contribution < 1.29 is 4.74 Å². The molecule has 0 aromatic heterocycles. The second-order valence-corrected chi connectivity index (χ2v) is 6.23. The highest BCUT2D eigenvalue weighted by atomic mass is 16.5. The Balaban J connectivity index is 1.81. The molecule has 2 saturated heterocycles. The standard InChI is InChI=1S/C15H31N3O/c1-4-17-8-9-19-15(11-17)12-18(13(2)3)10-14-6-5-7-16-14/h13-16H,4-12H2,1-3H3. The van der Waals surface area contributed by atoms with Crippen molar-refractivity contribution in [2.45, 2.75) is 51.8 Å². The summed E-state index contributed by atoms with van der Waals surface area (Å²) in [6, 6.07) is 1.29. The molecule has 2 aliphatic heterocycles. The summed E-state index contributed by atoms with van der Waals surface area (Å²) in [5, 5.41) is 3.61. The molecule has 2 fully saturated rings. The maximum Gasteiger partial charge on any atom is 0.0829 e. The SMILES string of the molecule is CCN1CCOC(CN(CC2CCCN2)C(C)C)C1. The number of nitrogens with zero attached hydrogens (tertiary/aromatic N) is 2. The molecule has 4 nitrogen and oxygen atoms in total. The lowest BCUT2D eigenvalue weighted by atomic mass is 10.1. The molecule has 2 rings (SSSR count). The molecule has 1 N–H and O–H groups in total. The van der Waals surface area contributed by atoms with Crippen LogP contribution < -0.4 is 5.32 Å². The molecule has 0 radical (unpaired) electrons. The van der Waals surface area contributed by atoms with Crippen LogP contribution in [-0.4, -0.2) is 73.9 Å². The Bertz CT molecular complexity index is 254. The van der Waals surface area contributed by atoms with E-state index in [1.54, 1.807) is 0 Å². The van der Waals surface area contributed by atoms with Crippen LogP contribution in [0.15, 0.2) is 0 Å². The number of likely N-dealkylation sites (N-methyl/N-ethyl adjacent to an activating group) is 1. The largest absolute Gasteiger partial charge is 0.374 e. The Kier molecular flexibility index (Phi) is 6.07. The molecule has 0 amide bonds. The molecule has 0 aliphatic carbocycles. The molecule has 0 bridgehead atoms. The van der Waals surface area contributed by atoms with Gasteiger partial charge in [0.05, 0.1) is 12.7 Å². The van der Waals surface area contributed by atoms with Crippen LogP contribution in [-0.2, 0) is 4.74 Å². The van der Waals surface area contributed by atoms with Gasteiger partial charge in [0.2, 0.25) is 0 Å². The molecule has 19 heavy (non-hydrogen) atoms. The molecule has 0 spiro atoms. The molecule has 0 saturated carbocycles. The summed E-state index contributed by atoms with van der Waals surface area (Å²) in [6.45, 7) is 14.5. The second-order valence-electron chi connectivity index (χ2n) is 6.23. The van der Waals surface area contributed by atoms with Crippen molar-refractivity contribution in [1.82, 2.24) is 15.1 Å². The first-order valence-corrected chi connectivity index (χ1v) is 8.00. The van der Waals surface area contributed by atoms with Crippen molar-refractivity contribution in [1.29, 1.82) is 0 Å². The Labute approximate surface area is 118 Å². The average Bonchev–Trinajstić information content (AvgIpc) is 2.91. The number of nitrogens with one attached hydrogen (secondary N) is 1. The fourth-order valence-electron chi connectivity index (χ4n) is 3.13. The zero-order chi connectivity index (χ0) is 13.7. The minimum atomic E-state index is 0.387. The third-order valence-electron chi connectivity index (χ3n) is 4.46. The van der Waals surface area contributed by atoms with Gasteiger partial charge < -0.3 is 10.1 Å². The van der Waals surface area contributed by atoms with Gasteiger partial charge in [-0.1, -0.05) is 6.92 Å². The molecular weight excluding hydrogens is 238 g/mol. The Hall–Kier alpha value is -0.160. The molecular formula is C15H31N3O. The van der Waals surface area contributed by atoms with E-state index in [1.807, 2.05) is 0 Å². The van der Waals surface area contributed by atoms with Gasteiger partial charge in [0.1, 0.15) is 0 Å². The third kappa shape index (κ3) is 4.71. The first-order chi connectivity index (χ1) is 9.19. The van der Waals surface area contributed by atoms with Crippen molar-refractivity contribution in [3.63, 3.8) is 0 Å². The smallest absolute Gasteiger partial charge is 0.0829 e. The minimum absolute atomic E-state index is 0.387. The molecule has 2 atom stereocenters. The zero-order valence-electron chi connectivity index (χ0n) is 12.9. The van der Waals surface area contributed by atoms with Crippen molar-refractivity contribution in [2.75, 3.05) is 45.9 Å². The van der Waals surface area contributed by atoms with E-state index in [2.05, 4.69) is 35.9 Å². The summed E-state index contributed by atoms with van der Waals surface area (Å²) in [5.41, 5.74) is 0. The molecule has 112 valence electrons. The van der Waals surface area contributed by atoms with E-state index in [-0.39, 0.29) is 0 Å². The summed E-state index contributed by atoms with van der Waals surface area (Å²) in [5.74, 6) is 0. The molecule has 2 heterocycles. The molecule has 0 aromatic rings. The third-order valence-corrected chi connectivity index (χ3v) is 4.46. The summed E-state index contributed by atoms with van der Waals surface area (Å²) in [7, 11) is 0. The van der Waals surface area contributed by atoms with Crippen LogP contribution in [0.2, 0.25) is 0 Å². The lowest BCUT2D eigenvalue weighted by molar-refractivity contribution is -0.0463. The van der Waals surface area contributed by atoms with E-state index < -0.39 is 0 Å². The monoisotopic (exact) mass is 269 g/mol. The van der Waals surface area contributed by atoms with E-state index in [4.69, 9.17) is 4.74 Å². The van der Waals surface area contributed by atoms with Gasteiger partial charge >= 0.3 is 0 Å².